The van der Waals surface area contributed by atoms with Crippen molar-refractivity contribution in [2.45, 2.75) is 127 Å². The van der Waals surface area contributed by atoms with Gasteiger partial charge in [0, 0.05) is 105 Å². The molecule has 0 aliphatic heterocycles. The monoisotopic (exact) mass is 1760 g/mol. The van der Waals surface area contributed by atoms with Crippen LogP contribution in [0.1, 0.15) is 116 Å². The summed E-state index contributed by atoms with van der Waals surface area (Å²) in [6.45, 7) is 22.4. The lowest BCUT2D eigenvalue weighted by Gasteiger charge is -2.16. The maximum Gasteiger partial charge on any atom is 0.222 e. The molecule has 0 saturated carbocycles. The number of ether oxygens (including phenoxy) is 1. The summed E-state index contributed by atoms with van der Waals surface area (Å²) in [6.07, 6.45) is 22.9. The van der Waals surface area contributed by atoms with Crippen LogP contribution in [0, 0.1) is 55.4 Å². The number of aryl methyl sites for hydroxylation is 9. The van der Waals surface area contributed by atoms with Gasteiger partial charge < -0.3 is 82.5 Å². The number of methoxy groups -OCH3 is 1. The van der Waals surface area contributed by atoms with E-state index in [2.05, 4.69) is 170 Å². The SMILES string of the molecule is COc1cccnc1Cn1ccc2nc(N)nc(NCc3cc(C)on3)c21.Cc1nc(NCc2cc(C)on2)c2c(ccn2Cc2cc(C)on2)n1.Cc1nc(NCc2cc(C)on2)c2c(ccn2Cc2cc3ccccc3cn2)n1.Cc1nc(NCc2cn(C)cn2)c2c(ccn2Cc2ccccn2)n1.Cc1nc(N[C@H](C)c2ccccn2)c2c(ccn2Cc2ccccn2)n1. The predicted molar refractivity (Wildman–Crippen MR) is 501 cm³/mol. The van der Waals surface area contributed by atoms with Crippen molar-refractivity contribution >= 4 is 101 Å². The third-order valence-electron chi connectivity index (χ3n) is 21.1. The van der Waals surface area contributed by atoms with Gasteiger partial charge in [-0.15, -0.1) is 0 Å². The van der Waals surface area contributed by atoms with Gasteiger partial charge in [-0.05, 0) is 153 Å². The predicted octanol–water partition coefficient (Wildman–Crippen LogP) is 15.9. The van der Waals surface area contributed by atoms with Gasteiger partial charge in [0.1, 0.15) is 108 Å². The number of hydrogen-bond acceptors (Lipinski definition) is 31. The molecule has 37 heteroatoms. The Balaban J connectivity index is 0.000000115. The number of nitrogen functional groups attached to an aromatic ring is 1. The van der Waals surface area contributed by atoms with E-state index in [0.717, 1.165) is 187 Å². The van der Waals surface area contributed by atoms with Crippen molar-refractivity contribution in [1.29, 1.82) is 0 Å². The van der Waals surface area contributed by atoms with Gasteiger partial charge in [-0.1, -0.05) is 63.1 Å². The van der Waals surface area contributed by atoms with Crippen molar-refractivity contribution in [2.75, 3.05) is 39.4 Å². The number of aromatic nitrogens is 26. The Bertz CT molecular complexity index is 7490. The molecule has 21 rings (SSSR count). The van der Waals surface area contributed by atoms with Crippen LogP contribution in [0.5, 0.6) is 5.75 Å². The standard InChI is InChI=1S/C22H20N6O.C20H20N6.C18H19N7O2.C18H19N7.C17H18N6O2/c1-14-9-18(27-29-14)12-24-22-21-20(25-15(2)26-22)7-8-28(21)13-19-10-16-5-3-4-6-17(16)11-23-19;1-14(17-8-4-6-11-22-17)23-20-19-18(24-15(2)25-20)9-12-26(19)13-16-7-3-5-10-21-16;1-11-8-12(24-27-11)9-21-17-16-13(22-18(19)23-17)5-7-25(16)10-14-15(26-2)4-3-6-20-14;1-13-22-16-6-8-25(11-14-5-3-4-7-19-14)17(16)18(23-13)20-9-15-10-24(2)12-21-15;1-10-6-13(21-24-10)8-18-17-16-15(19-12(3)20-17)4-5-23(16)9-14-7-11(2)25-22-14/h3-11H,12-13H2,1-2H3,(H,24,25,26);3-12,14H,13H2,1-2H3,(H,23,24,25);3-8H,9-10H2,1-2H3,(H3,19,21,22,23);3-8,10,12H,9,11H2,1-2H3,(H,20,22,23);4-7H,8-9H2,1-3H3,(H,18,19,20)/t;14-;;;/m.1.../s1. The van der Waals surface area contributed by atoms with E-state index < -0.39 is 0 Å². The number of rotatable bonds is 26. The van der Waals surface area contributed by atoms with Gasteiger partial charge in [0.25, 0.3) is 0 Å². The number of benzene rings is 1. The molecular weight excluding hydrogens is 1670 g/mol. The molecule has 132 heavy (non-hydrogen) atoms. The minimum absolute atomic E-state index is 0.0342. The number of nitrogens with two attached hydrogens (primary N) is 1. The van der Waals surface area contributed by atoms with Crippen LogP contribution >= 0.6 is 0 Å². The van der Waals surface area contributed by atoms with Crippen LogP contribution in [0.4, 0.5) is 35.0 Å². The highest BCUT2D eigenvalue weighted by Crippen LogP contribution is 2.32. The minimum Gasteiger partial charge on any atom is -0.495 e. The molecular formula is C95H96N32O5. The number of pyridine rings is 5. The Kier molecular flexibility index (Phi) is 26.3. The average molecular weight is 1770 g/mol. The molecule has 1 aromatic carbocycles. The Labute approximate surface area is 756 Å². The molecule has 1 atom stereocenters. The lowest BCUT2D eigenvalue weighted by atomic mass is 10.1. The highest BCUT2D eigenvalue weighted by atomic mass is 16.5. The largest absolute Gasteiger partial charge is 0.495 e. The molecule has 0 aliphatic rings. The first-order valence-electron chi connectivity index (χ1n) is 42.6. The van der Waals surface area contributed by atoms with E-state index >= 15 is 0 Å². The smallest absolute Gasteiger partial charge is 0.222 e. The number of hydrogen-bond donors (Lipinski definition) is 6. The molecule has 0 aliphatic carbocycles. The molecule has 21 aromatic rings. The maximum absolute atomic E-state index is 5.87. The van der Waals surface area contributed by atoms with Crippen molar-refractivity contribution in [3.05, 3.63) is 329 Å². The van der Waals surface area contributed by atoms with Gasteiger partial charge in [0.2, 0.25) is 5.95 Å². The molecule has 20 aromatic heterocycles. The maximum atomic E-state index is 5.87. The third-order valence-corrected chi connectivity index (χ3v) is 21.1. The molecule has 0 amide bonds. The van der Waals surface area contributed by atoms with Gasteiger partial charge in [-0.25, -0.2) is 49.8 Å². The lowest BCUT2D eigenvalue weighted by Crippen LogP contribution is -2.12. The number of nitrogens with one attached hydrogen (secondary N) is 5. The summed E-state index contributed by atoms with van der Waals surface area (Å²) in [4.78, 5) is 72.0. The van der Waals surface area contributed by atoms with Crippen LogP contribution in [0.3, 0.4) is 0 Å². The second-order valence-electron chi connectivity index (χ2n) is 31.4. The summed E-state index contributed by atoms with van der Waals surface area (Å²) in [5.41, 5.74) is 23.9. The van der Waals surface area contributed by atoms with E-state index in [1.165, 1.54) is 5.39 Å². The highest BCUT2D eigenvalue weighted by molar-refractivity contribution is 5.91. The summed E-state index contributed by atoms with van der Waals surface area (Å²) in [7, 11) is 3.59. The second kappa shape index (κ2) is 39.9. The van der Waals surface area contributed by atoms with E-state index in [4.69, 9.17) is 28.6 Å². The minimum atomic E-state index is 0.0342. The van der Waals surface area contributed by atoms with Gasteiger partial charge in [0.05, 0.1) is 134 Å². The van der Waals surface area contributed by atoms with Gasteiger partial charge in [-0.2, -0.15) is 4.98 Å². The number of nitrogens with zero attached hydrogens (tertiary/aromatic N) is 26. The first-order valence-corrected chi connectivity index (χ1v) is 42.6. The zero-order chi connectivity index (χ0) is 91.1. The van der Waals surface area contributed by atoms with Crippen molar-refractivity contribution in [2.24, 2.45) is 7.05 Å². The fourth-order valence-electron chi connectivity index (χ4n) is 15.2. The number of fused-ring (bicyclic) bond motifs is 6. The summed E-state index contributed by atoms with van der Waals surface area (Å²) in [6, 6.07) is 49.4. The van der Waals surface area contributed by atoms with Crippen LogP contribution < -0.4 is 37.1 Å². The molecule has 0 saturated heterocycles. The number of anilines is 6. The topological polar surface area (TPSA) is 435 Å². The molecule has 0 spiro atoms. The van der Waals surface area contributed by atoms with Crippen molar-refractivity contribution in [1.82, 2.24) is 128 Å². The summed E-state index contributed by atoms with van der Waals surface area (Å²) in [5.74, 6) is 10.7. The quantitative estimate of drug-likeness (QED) is 0.0293. The van der Waals surface area contributed by atoms with Crippen molar-refractivity contribution in [3.8, 4) is 5.75 Å². The van der Waals surface area contributed by atoms with Gasteiger partial charge in [-0.3, -0.25) is 24.9 Å². The molecule has 37 nitrogen and oxygen atoms in total. The van der Waals surface area contributed by atoms with E-state index in [0.29, 0.717) is 70.5 Å². The Morgan fingerprint density at radius 3 is 1.18 bits per heavy atom. The molecule has 20 heterocycles. The van der Waals surface area contributed by atoms with Gasteiger partial charge >= 0.3 is 0 Å². The summed E-state index contributed by atoms with van der Waals surface area (Å²) >= 11 is 0. The van der Waals surface area contributed by atoms with Crippen LogP contribution in [0.2, 0.25) is 0 Å². The zero-order valence-corrected chi connectivity index (χ0v) is 74.5. The molecule has 666 valence electrons. The molecule has 0 unspecified atom stereocenters. The Hall–Kier alpha value is -17.0. The number of imidazole rings is 1. The highest BCUT2D eigenvalue weighted by Gasteiger charge is 2.22. The van der Waals surface area contributed by atoms with Crippen LogP contribution in [0.15, 0.2) is 244 Å². The summed E-state index contributed by atoms with van der Waals surface area (Å²) in [5, 5.41) is 35.3. The second-order valence-corrected chi connectivity index (χ2v) is 31.4. The molecule has 0 bridgehead atoms. The van der Waals surface area contributed by atoms with Crippen molar-refractivity contribution in [3.63, 3.8) is 0 Å². The van der Waals surface area contributed by atoms with Crippen LogP contribution in [-0.4, -0.2) is 135 Å². The fourth-order valence-corrected chi connectivity index (χ4v) is 15.2. The first-order chi connectivity index (χ1) is 64.3. The third kappa shape index (κ3) is 21.3. The molecule has 0 radical (unpaired) electrons. The van der Waals surface area contributed by atoms with Crippen molar-refractivity contribution < 1.29 is 22.8 Å². The van der Waals surface area contributed by atoms with E-state index in [9.17, 15) is 0 Å². The first kappa shape index (κ1) is 87.1. The Morgan fingerprint density at radius 2 is 0.750 bits per heavy atom. The lowest BCUT2D eigenvalue weighted by molar-refractivity contribution is 0.389. The summed E-state index contributed by atoms with van der Waals surface area (Å²) < 4.78 is 38.3. The fraction of sp³-hybridized carbons (Fsp3) is 0.221. The van der Waals surface area contributed by atoms with E-state index in [1.807, 2.05) is 261 Å². The van der Waals surface area contributed by atoms with Gasteiger partial charge in [0.15, 0.2) is 29.1 Å². The Morgan fingerprint density at radius 1 is 0.356 bits per heavy atom. The zero-order valence-electron chi connectivity index (χ0n) is 74.5. The molecule has 0 fully saturated rings. The van der Waals surface area contributed by atoms with E-state index in [1.54, 1.807) is 25.8 Å². The normalized spacial score (nSPS) is 11.4. The molecule has 7 N–H and O–H groups in total. The van der Waals surface area contributed by atoms with E-state index in [-0.39, 0.29) is 12.0 Å². The van der Waals surface area contributed by atoms with Crippen LogP contribution in [0.25, 0.3) is 65.9 Å². The van der Waals surface area contributed by atoms with Crippen LogP contribution in [-0.2, 0) is 66.0 Å². The average Bonchev–Trinajstić information content (AvgIpc) is 1.66.